The lowest BCUT2D eigenvalue weighted by atomic mass is 10.1. The van der Waals surface area contributed by atoms with E-state index >= 15 is 0 Å². The minimum absolute atomic E-state index is 0.0192. The van der Waals surface area contributed by atoms with Crippen molar-refractivity contribution < 1.29 is 9.47 Å². The Morgan fingerprint density at radius 3 is 2.47 bits per heavy atom. The van der Waals surface area contributed by atoms with Gasteiger partial charge >= 0.3 is 6.01 Å². The van der Waals surface area contributed by atoms with Gasteiger partial charge in [-0.3, -0.25) is 4.90 Å². The summed E-state index contributed by atoms with van der Waals surface area (Å²) >= 11 is 0. The zero-order valence-electron chi connectivity index (χ0n) is 17.0. The van der Waals surface area contributed by atoms with E-state index in [0.717, 1.165) is 25.3 Å². The van der Waals surface area contributed by atoms with Crippen molar-refractivity contribution in [1.29, 1.82) is 10.5 Å². The maximum atomic E-state index is 8.86. The maximum absolute atomic E-state index is 8.86. The summed E-state index contributed by atoms with van der Waals surface area (Å²) in [6.07, 6.45) is 4.18. The average Bonchev–Trinajstić information content (AvgIpc) is 2.79. The molecule has 3 rings (SSSR count). The number of nitrogens with zero attached hydrogens (tertiary/aromatic N) is 6. The molecule has 8 nitrogen and oxygen atoms in total. The molecular formula is C22H26N6O2. The Morgan fingerprint density at radius 1 is 1.10 bits per heavy atom. The first-order chi connectivity index (χ1) is 14.8. The Bertz CT molecular complexity index is 829. The fourth-order valence-electron chi connectivity index (χ4n) is 3.36. The fraction of sp³-hybridized carbons (Fsp3) is 0.455. The van der Waals surface area contributed by atoms with Crippen LogP contribution in [-0.4, -0.2) is 60.4 Å². The summed E-state index contributed by atoms with van der Waals surface area (Å²) in [6, 6.07) is 14.8. The van der Waals surface area contributed by atoms with Gasteiger partial charge in [-0.1, -0.05) is 12.1 Å². The fourth-order valence-corrected chi connectivity index (χ4v) is 3.36. The van der Waals surface area contributed by atoms with Crippen LogP contribution in [0.5, 0.6) is 6.01 Å². The summed E-state index contributed by atoms with van der Waals surface area (Å²) in [5.41, 5.74) is 2.26. The standard InChI is InChI=1S/C22H26N6O2/c23-8-1-12-28(13-2-9-24)20-6-4-19(5-7-20)16-27-14-15-29-21(17-27)18-30-22-25-10-3-11-26-22/h3-7,10-11,21H,1-2,12-18H2. The molecule has 0 radical (unpaired) electrons. The first-order valence-corrected chi connectivity index (χ1v) is 10.1. The third-order valence-corrected chi connectivity index (χ3v) is 4.86. The summed E-state index contributed by atoms with van der Waals surface area (Å²) in [5.74, 6) is 0. The van der Waals surface area contributed by atoms with Crippen LogP contribution in [0, 0.1) is 22.7 Å². The van der Waals surface area contributed by atoms with E-state index in [1.54, 1.807) is 18.5 Å². The van der Waals surface area contributed by atoms with Crippen molar-refractivity contribution in [3.8, 4) is 18.1 Å². The molecule has 0 amide bonds. The molecule has 1 saturated heterocycles. The van der Waals surface area contributed by atoms with Gasteiger partial charge in [0.2, 0.25) is 0 Å². The van der Waals surface area contributed by atoms with Crippen molar-refractivity contribution in [1.82, 2.24) is 14.9 Å². The van der Waals surface area contributed by atoms with Gasteiger partial charge in [0.15, 0.2) is 0 Å². The first kappa shape index (κ1) is 21.5. The van der Waals surface area contributed by atoms with Crippen LogP contribution in [-0.2, 0) is 11.3 Å². The topological polar surface area (TPSA) is 98.3 Å². The number of aromatic nitrogens is 2. The van der Waals surface area contributed by atoms with Crippen LogP contribution in [0.25, 0.3) is 0 Å². The van der Waals surface area contributed by atoms with Gasteiger partial charge in [-0.05, 0) is 23.8 Å². The second-order valence-electron chi connectivity index (χ2n) is 7.04. The van der Waals surface area contributed by atoms with E-state index in [0.29, 0.717) is 45.2 Å². The third-order valence-electron chi connectivity index (χ3n) is 4.86. The molecule has 0 spiro atoms. The normalized spacial score (nSPS) is 16.4. The summed E-state index contributed by atoms with van der Waals surface area (Å²) in [5, 5.41) is 17.7. The van der Waals surface area contributed by atoms with Crippen molar-refractivity contribution in [2.45, 2.75) is 25.5 Å². The van der Waals surface area contributed by atoms with Crippen molar-refractivity contribution in [2.24, 2.45) is 0 Å². The lowest BCUT2D eigenvalue weighted by Gasteiger charge is -2.32. The molecular weight excluding hydrogens is 380 g/mol. The minimum Gasteiger partial charge on any atom is -0.461 e. The van der Waals surface area contributed by atoms with Crippen LogP contribution in [0.3, 0.4) is 0 Å². The average molecular weight is 406 g/mol. The molecule has 1 atom stereocenters. The molecule has 1 aromatic heterocycles. The number of ether oxygens (including phenoxy) is 2. The molecule has 1 unspecified atom stereocenters. The zero-order valence-corrected chi connectivity index (χ0v) is 17.0. The molecule has 0 N–H and O–H groups in total. The van der Waals surface area contributed by atoms with E-state index in [2.05, 4.69) is 56.2 Å². The lowest BCUT2D eigenvalue weighted by Crippen LogP contribution is -2.44. The van der Waals surface area contributed by atoms with Gasteiger partial charge in [0.05, 0.1) is 31.6 Å². The molecule has 156 valence electrons. The highest BCUT2D eigenvalue weighted by Crippen LogP contribution is 2.18. The molecule has 1 aliphatic heterocycles. The van der Waals surface area contributed by atoms with Gasteiger partial charge in [0, 0.05) is 50.8 Å². The summed E-state index contributed by atoms with van der Waals surface area (Å²) in [6.45, 7) is 4.84. The minimum atomic E-state index is -0.0192. The van der Waals surface area contributed by atoms with E-state index in [1.165, 1.54) is 5.56 Å². The Morgan fingerprint density at radius 2 is 1.80 bits per heavy atom. The Hall–Kier alpha value is -3.20. The Balaban J connectivity index is 1.51. The number of nitriles is 2. The summed E-state index contributed by atoms with van der Waals surface area (Å²) < 4.78 is 11.4. The van der Waals surface area contributed by atoms with E-state index in [-0.39, 0.29) is 6.10 Å². The van der Waals surface area contributed by atoms with E-state index in [9.17, 15) is 0 Å². The van der Waals surface area contributed by atoms with Crippen molar-refractivity contribution in [3.05, 3.63) is 48.3 Å². The number of morpholine rings is 1. The SMILES string of the molecule is N#CCCN(CCC#N)c1ccc(CN2CCOC(COc3ncccn3)C2)cc1. The van der Waals surface area contributed by atoms with Crippen molar-refractivity contribution in [3.63, 3.8) is 0 Å². The summed E-state index contributed by atoms with van der Waals surface area (Å²) in [4.78, 5) is 12.6. The van der Waals surface area contributed by atoms with Gasteiger partial charge in [0.25, 0.3) is 0 Å². The molecule has 1 aliphatic rings. The molecule has 1 fully saturated rings. The Labute approximate surface area is 177 Å². The monoisotopic (exact) mass is 406 g/mol. The first-order valence-electron chi connectivity index (χ1n) is 10.1. The van der Waals surface area contributed by atoms with Gasteiger partial charge in [0.1, 0.15) is 12.7 Å². The smallest absolute Gasteiger partial charge is 0.316 e. The largest absolute Gasteiger partial charge is 0.461 e. The highest BCUT2D eigenvalue weighted by molar-refractivity contribution is 5.47. The zero-order chi connectivity index (χ0) is 21.0. The summed E-state index contributed by atoms with van der Waals surface area (Å²) in [7, 11) is 0. The van der Waals surface area contributed by atoms with Gasteiger partial charge in [-0.25, -0.2) is 9.97 Å². The molecule has 1 aromatic carbocycles. The number of hydrogen-bond donors (Lipinski definition) is 0. The van der Waals surface area contributed by atoms with E-state index in [4.69, 9.17) is 20.0 Å². The molecule has 8 heteroatoms. The van der Waals surface area contributed by atoms with Crippen LogP contribution in [0.15, 0.2) is 42.7 Å². The molecule has 0 saturated carbocycles. The molecule has 0 bridgehead atoms. The van der Waals surface area contributed by atoms with Crippen LogP contribution >= 0.6 is 0 Å². The van der Waals surface area contributed by atoms with Gasteiger partial charge < -0.3 is 14.4 Å². The number of hydrogen-bond acceptors (Lipinski definition) is 8. The number of rotatable bonds is 10. The molecule has 30 heavy (non-hydrogen) atoms. The highest BCUT2D eigenvalue weighted by atomic mass is 16.5. The van der Waals surface area contributed by atoms with Crippen LogP contribution in [0.2, 0.25) is 0 Å². The lowest BCUT2D eigenvalue weighted by molar-refractivity contribution is -0.0516. The molecule has 2 heterocycles. The highest BCUT2D eigenvalue weighted by Gasteiger charge is 2.21. The molecule has 0 aliphatic carbocycles. The third kappa shape index (κ3) is 6.70. The van der Waals surface area contributed by atoms with Crippen molar-refractivity contribution in [2.75, 3.05) is 44.3 Å². The van der Waals surface area contributed by atoms with Crippen LogP contribution in [0.1, 0.15) is 18.4 Å². The predicted molar refractivity (Wildman–Crippen MR) is 112 cm³/mol. The van der Waals surface area contributed by atoms with Gasteiger partial charge in [-0.2, -0.15) is 10.5 Å². The predicted octanol–water partition coefficient (Wildman–Crippen LogP) is 2.39. The molecule has 2 aromatic rings. The number of benzene rings is 1. The van der Waals surface area contributed by atoms with E-state index < -0.39 is 0 Å². The van der Waals surface area contributed by atoms with Gasteiger partial charge in [-0.15, -0.1) is 0 Å². The van der Waals surface area contributed by atoms with Crippen LogP contribution < -0.4 is 9.64 Å². The van der Waals surface area contributed by atoms with Crippen molar-refractivity contribution >= 4 is 5.69 Å². The Kier molecular flexibility index (Phi) is 8.40. The second-order valence-corrected chi connectivity index (χ2v) is 7.04. The van der Waals surface area contributed by atoms with Crippen LogP contribution in [0.4, 0.5) is 5.69 Å². The maximum Gasteiger partial charge on any atom is 0.316 e. The van der Waals surface area contributed by atoms with E-state index in [1.807, 2.05) is 0 Å². The number of anilines is 1. The second kappa shape index (κ2) is 11.7. The quantitative estimate of drug-likeness (QED) is 0.593.